The van der Waals surface area contributed by atoms with E-state index in [0.29, 0.717) is 18.6 Å². The van der Waals surface area contributed by atoms with Crippen molar-refractivity contribution in [2.24, 2.45) is 0 Å². The first kappa shape index (κ1) is 17.7. The molecule has 1 saturated heterocycles. The van der Waals surface area contributed by atoms with Crippen LogP contribution in [0.25, 0.3) is 0 Å². The van der Waals surface area contributed by atoms with E-state index in [2.05, 4.69) is 43.6 Å². The fourth-order valence-corrected chi connectivity index (χ4v) is 3.35. The SMILES string of the molecule is COCCn1ccnc1C1CCCN(c2cc(NC(C)C)ncn2)C1. The van der Waals surface area contributed by atoms with E-state index in [0.717, 1.165) is 49.9 Å². The number of ether oxygens (including phenoxy) is 1. The number of anilines is 2. The maximum atomic E-state index is 5.21. The van der Waals surface area contributed by atoms with Gasteiger partial charge in [-0.05, 0) is 26.7 Å². The quantitative estimate of drug-likeness (QED) is 0.832. The molecule has 1 N–H and O–H groups in total. The lowest BCUT2D eigenvalue weighted by atomic mass is 9.97. The van der Waals surface area contributed by atoms with Crippen LogP contribution < -0.4 is 10.2 Å². The molecule has 0 aliphatic carbocycles. The van der Waals surface area contributed by atoms with Gasteiger partial charge in [0.05, 0.1) is 6.61 Å². The van der Waals surface area contributed by atoms with Crippen LogP contribution in [-0.2, 0) is 11.3 Å². The number of hydrogen-bond acceptors (Lipinski definition) is 6. The number of nitrogens with zero attached hydrogens (tertiary/aromatic N) is 5. The van der Waals surface area contributed by atoms with Gasteiger partial charge in [0.1, 0.15) is 23.8 Å². The predicted molar refractivity (Wildman–Crippen MR) is 99.1 cm³/mol. The number of imidazole rings is 1. The lowest BCUT2D eigenvalue weighted by Crippen LogP contribution is -2.36. The molecule has 0 radical (unpaired) electrons. The topological polar surface area (TPSA) is 68.1 Å². The summed E-state index contributed by atoms with van der Waals surface area (Å²) in [4.78, 5) is 15.8. The molecule has 1 unspecified atom stereocenters. The van der Waals surface area contributed by atoms with Crippen LogP contribution in [0.3, 0.4) is 0 Å². The third kappa shape index (κ3) is 4.48. The molecule has 2 aromatic heterocycles. The molecule has 0 amide bonds. The second-order valence-electron chi connectivity index (χ2n) is 6.82. The lowest BCUT2D eigenvalue weighted by Gasteiger charge is -2.33. The van der Waals surface area contributed by atoms with Crippen LogP contribution in [0.5, 0.6) is 0 Å². The molecule has 1 aliphatic heterocycles. The average Bonchev–Trinajstić information content (AvgIpc) is 3.08. The zero-order valence-corrected chi connectivity index (χ0v) is 15.4. The smallest absolute Gasteiger partial charge is 0.134 e. The fourth-order valence-electron chi connectivity index (χ4n) is 3.35. The summed E-state index contributed by atoms with van der Waals surface area (Å²) in [5.41, 5.74) is 0. The number of methoxy groups -OCH3 is 1. The Morgan fingerprint density at radius 1 is 1.32 bits per heavy atom. The zero-order valence-electron chi connectivity index (χ0n) is 15.4. The first-order chi connectivity index (χ1) is 12.2. The van der Waals surface area contributed by atoms with Gasteiger partial charge in [0.25, 0.3) is 0 Å². The van der Waals surface area contributed by atoms with Crippen molar-refractivity contribution in [2.75, 3.05) is 37.0 Å². The normalized spacial score (nSPS) is 17.9. The summed E-state index contributed by atoms with van der Waals surface area (Å²) in [6.07, 6.45) is 7.87. The maximum Gasteiger partial charge on any atom is 0.134 e. The van der Waals surface area contributed by atoms with Crippen molar-refractivity contribution in [3.8, 4) is 0 Å². The van der Waals surface area contributed by atoms with Crippen molar-refractivity contribution in [1.82, 2.24) is 19.5 Å². The van der Waals surface area contributed by atoms with Crippen LogP contribution in [-0.4, -0.2) is 52.4 Å². The van der Waals surface area contributed by atoms with Crippen molar-refractivity contribution in [2.45, 2.75) is 45.2 Å². The highest BCUT2D eigenvalue weighted by atomic mass is 16.5. The Morgan fingerprint density at radius 3 is 3.00 bits per heavy atom. The maximum absolute atomic E-state index is 5.21. The van der Waals surface area contributed by atoms with Crippen LogP contribution in [0, 0.1) is 0 Å². The Bertz CT molecular complexity index is 671. The van der Waals surface area contributed by atoms with Crippen molar-refractivity contribution in [3.63, 3.8) is 0 Å². The first-order valence-corrected chi connectivity index (χ1v) is 9.01. The third-order valence-electron chi connectivity index (χ3n) is 4.48. The molecule has 1 aliphatic rings. The minimum Gasteiger partial charge on any atom is -0.383 e. The van der Waals surface area contributed by atoms with Crippen molar-refractivity contribution >= 4 is 11.6 Å². The standard InChI is InChI=1S/C18H28N6O/c1-14(2)22-16-11-17(21-13-20-16)24-7-4-5-15(12-24)18-19-6-8-23(18)9-10-25-3/h6,8,11,13-15H,4-5,7,9-10,12H2,1-3H3,(H,20,21,22). The minimum atomic E-state index is 0.352. The van der Waals surface area contributed by atoms with E-state index in [1.807, 2.05) is 18.5 Å². The number of nitrogens with one attached hydrogen (secondary N) is 1. The molecular formula is C18H28N6O. The van der Waals surface area contributed by atoms with E-state index >= 15 is 0 Å². The molecule has 0 spiro atoms. The molecule has 1 fully saturated rings. The van der Waals surface area contributed by atoms with Crippen molar-refractivity contribution in [3.05, 3.63) is 30.6 Å². The molecule has 3 rings (SSSR count). The highest BCUT2D eigenvalue weighted by molar-refractivity contribution is 5.49. The average molecular weight is 344 g/mol. The van der Waals surface area contributed by atoms with Crippen LogP contribution >= 0.6 is 0 Å². The van der Waals surface area contributed by atoms with E-state index < -0.39 is 0 Å². The van der Waals surface area contributed by atoms with Gasteiger partial charge in [-0.15, -0.1) is 0 Å². The van der Waals surface area contributed by atoms with Gasteiger partial charge in [-0.2, -0.15) is 0 Å². The van der Waals surface area contributed by atoms with E-state index in [4.69, 9.17) is 4.74 Å². The van der Waals surface area contributed by atoms with Gasteiger partial charge >= 0.3 is 0 Å². The summed E-state index contributed by atoms with van der Waals surface area (Å²) in [6.45, 7) is 7.72. The molecule has 136 valence electrons. The summed E-state index contributed by atoms with van der Waals surface area (Å²) in [5, 5.41) is 3.35. The molecule has 0 aromatic carbocycles. The van der Waals surface area contributed by atoms with Gasteiger partial charge in [0, 0.05) is 57.2 Å². The van der Waals surface area contributed by atoms with Gasteiger partial charge in [0.2, 0.25) is 0 Å². The first-order valence-electron chi connectivity index (χ1n) is 9.01. The van der Waals surface area contributed by atoms with Gasteiger partial charge in [-0.3, -0.25) is 0 Å². The van der Waals surface area contributed by atoms with Gasteiger partial charge in [0.15, 0.2) is 0 Å². The highest BCUT2D eigenvalue weighted by Crippen LogP contribution is 2.29. The molecule has 0 saturated carbocycles. The Morgan fingerprint density at radius 2 is 2.20 bits per heavy atom. The monoisotopic (exact) mass is 344 g/mol. The molecule has 3 heterocycles. The highest BCUT2D eigenvalue weighted by Gasteiger charge is 2.25. The molecule has 2 aromatic rings. The number of piperidine rings is 1. The van der Waals surface area contributed by atoms with E-state index in [1.165, 1.54) is 0 Å². The summed E-state index contributed by atoms with van der Waals surface area (Å²) < 4.78 is 7.42. The Balaban J connectivity index is 1.72. The van der Waals surface area contributed by atoms with Crippen LogP contribution in [0.4, 0.5) is 11.6 Å². The second kappa shape index (κ2) is 8.29. The lowest BCUT2D eigenvalue weighted by molar-refractivity contribution is 0.185. The zero-order chi connectivity index (χ0) is 17.6. The van der Waals surface area contributed by atoms with Gasteiger partial charge in [-0.25, -0.2) is 15.0 Å². The van der Waals surface area contributed by atoms with Crippen LogP contribution in [0.15, 0.2) is 24.8 Å². The molecule has 7 heteroatoms. The third-order valence-corrected chi connectivity index (χ3v) is 4.48. The van der Waals surface area contributed by atoms with Crippen LogP contribution in [0.1, 0.15) is 38.4 Å². The molecular weight excluding hydrogens is 316 g/mol. The Hall–Kier alpha value is -2.15. The van der Waals surface area contributed by atoms with Crippen molar-refractivity contribution in [1.29, 1.82) is 0 Å². The van der Waals surface area contributed by atoms with Gasteiger partial charge in [-0.1, -0.05) is 0 Å². The summed E-state index contributed by atoms with van der Waals surface area (Å²) in [5.74, 6) is 3.43. The summed E-state index contributed by atoms with van der Waals surface area (Å²) in [6, 6.07) is 2.39. The predicted octanol–water partition coefficient (Wildman–Crippen LogP) is 2.52. The van der Waals surface area contributed by atoms with E-state index in [9.17, 15) is 0 Å². The summed E-state index contributed by atoms with van der Waals surface area (Å²) >= 11 is 0. The molecule has 0 bridgehead atoms. The van der Waals surface area contributed by atoms with E-state index in [-0.39, 0.29) is 0 Å². The Kier molecular flexibility index (Phi) is 5.86. The largest absolute Gasteiger partial charge is 0.383 e. The minimum absolute atomic E-state index is 0.352. The van der Waals surface area contributed by atoms with Crippen molar-refractivity contribution < 1.29 is 4.74 Å². The molecule has 7 nitrogen and oxygen atoms in total. The van der Waals surface area contributed by atoms with Crippen LogP contribution in [0.2, 0.25) is 0 Å². The Labute approximate surface area is 149 Å². The fraction of sp³-hybridized carbons (Fsp3) is 0.611. The second-order valence-corrected chi connectivity index (χ2v) is 6.82. The number of hydrogen-bond donors (Lipinski definition) is 1. The number of rotatable bonds is 7. The summed E-state index contributed by atoms with van der Waals surface area (Å²) in [7, 11) is 1.73. The van der Waals surface area contributed by atoms with E-state index in [1.54, 1.807) is 13.4 Å². The van der Waals surface area contributed by atoms with Gasteiger partial charge < -0.3 is 19.5 Å². The molecule has 25 heavy (non-hydrogen) atoms. The molecule has 1 atom stereocenters. The number of aromatic nitrogens is 4.